The Kier molecular flexibility index (Phi) is 3.77. The Bertz CT molecular complexity index is 640. The van der Waals surface area contributed by atoms with Crippen LogP contribution < -0.4 is 10.5 Å². The molecular weight excluding hydrogens is 264 g/mol. The molecule has 4 nitrogen and oxygen atoms in total. The molecule has 0 atom stereocenters. The lowest BCUT2D eigenvalue weighted by Crippen LogP contribution is -2.34. The molecule has 1 heterocycles. The predicted octanol–water partition coefficient (Wildman–Crippen LogP) is 2.23. The Morgan fingerprint density at radius 2 is 1.95 bits per heavy atom. The lowest BCUT2D eigenvalue weighted by atomic mass is 10.1. The summed E-state index contributed by atoms with van der Waals surface area (Å²) in [6.07, 6.45) is 0.838. The van der Waals surface area contributed by atoms with Crippen molar-refractivity contribution in [3.63, 3.8) is 0 Å². The van der Waals surface area contributed by atoms with E-state index in [1.54, 1.807) is 6.07 Å². The standard InChI is InChI=1S/C17H18N2O2/c18-15-6-7-16-14(10-15)11-19(17(20)12-21-16)9-8-13-4-2-1-3-5-13/h1-7,10H,8-9,11-12,18H2. The second kappa shape index (κ2) is 5.87. The average molecular weight is 282 g/mol. The highest BCUT2D eigenvalue weighted by Crippen LogP contribution is 2.25. The first-order valence-electron chi connectivity index (χ1n) is 7.05. The summed E-state index contributed by atoms with van der Waals surface area (Å²) in [6, 6.07) is 15.7. The van der Waals surface area contributed by atoms with Gasteiger partial charge in [0.05, 0.1) is 0 Å². The maximum Gasteiger partial charge on any atom is 0.260 e. The number of ether oxygens (including phenoxy) is 1. The van der Waals surface area contributed by atoms with Crippen LogP contribution in [0.5, 0.6) is 5.75 Å². The molecule has 0 bridgehead atoms. The molecule has 0 aromatic heterocycles. The van der Waals surface area contributed by atoms with Crippen LogP contribution in [0.1, 0.15) is 11.1 Å². The number of fused-ring (bicyclic) bond motifs is 1. The van der Waals surface area contributed by atoms with E-state index in [-0.39, 0.29) is 12.5 Å². The van der Waals surface area contributed by atoms with Gasteiger partial charge in [0.1, 0.15) is 5.75 Å². The van der Waals surface area contributed by atoms with E-state index in [4.69, 9.17) is 10.5 Å². The van der Waals surface area contributed by atoms with Crippen LogP contribution in [-0.2, 0) is 17.8 Å². The zero-order chi connectivity index (χ0) is 14.7. The number of carbonyl (C=O) groups excluding carboxylic acids is 1. The molecule has 0 radical (unpaired) electrons. The fourth-order valence-electron chi connectivity index (χ4n) is 2.50. The first kappa shape index (κ1) is 13.5. The van der Waals surface area contributed by atoms with E-state index in [0.717, 1.165) is 17.7 Å². The van der Waals surface area contributed by atoms with E-state index in [2.05, 4.69) is 12.1 Å². The molecule has 0 saturated carbocycles. The number of hydrogen-bond acceptors (Lipinski definition) is 3. The summed E-state index contributed by atoms with van der Waals surface area (Å²) in [5.74, 6) is 0.764. The van der Waals surface area contributed by atoms with Crippen molar-refractivity contribution in [1.29, 1.82) is 0 Å². The van der Waals surface area contributed by atoms with E-state index >= 15 is 0 Å². The molecule has 2 N–H and O–H groups in total. The van der Waals surface area contributed by atoms with Crippen molar-refractivity contribution in [1.82, 2.24) is 4.90 Å². The highest BCUT2D eigenvalue weighted by molar-refractivity contribution is 5.78. The smallest absolute Gasteiger partial charge is 0.260 e. The topological polar surface area (TPSA) is 55.6 Å². The largest absolute Gasteiger partial charge is 0.483 e. The number of carbonyl (C=O) groups is 1. The molecule has 1 aliphatic rings. The highest BCUT2D eigenvalue weighted by Gasteiger charge is 2.21. The lowest BCUT2D eigenvalue weighted by molar-refractivity contribution is -0.133. The minimum atomic E-state index is 0.0145. The monoisotopic (exact) mass is 282 g/mol. The van der Waals surface area contributed by atoms with Crippen LogP contribution in [0.3, 0.4) is 0 Å². The molecular formula is C17H18N2O2. The van der Waals surface area contributed by atoms with Crippen LogP contribution in [-0.4, -0.2) is 24.0 Å². The number of rotatable bonds is 3. The zero-order valence-corrected chi connectivity index (χ0v) is 11.8. The van der Waals surface area contributed by atoms with Crippen molar-refractivity contribution >= 4 is 11.6 Å². The normalized spacial score (nSPS) is 14.3. The van der Waals surface area contributed by atoms with Crippen molar-refractivity contribution in [2.45, 2.75) is 13.0 Å². The van der Waals surface area contributed by atoms with E-state index in [9.17, 15) is 4.79 Å². The predicted molar refractivity (Wildman–Crippen MR) is 81.9 cm³/mol. The number of anilines is 1. The third-order valence-electron chi connectivity index (χ3n) is 3.66. The average Bonchev–Trinajstić information content (AvgIpc) is 2.65. The molecule has 21 heavy (non-hydrogen) atoms. The minimum Gasteiger partial charge on any atom is -0.483 e. The number of nitrogen functional groups attached to an aromatic ring is 1. The SMILES string of the molecule is Nc1ccc2c(c1)CN(CCc1ccccc1)C(=O)CO2. The zero-order valence-electron chi connectivity index (χ0n) is 11.8. The second-order valence-corrected chi connectivity index (χ2v) is 5.21. The molecule has 0 unspecified atom stereocenters. The molecule has 2 aromatic rings. The van der Waals surface area contributed by atoms with Crippen molar-refractivity contribution < 1.29 is 9.53 Å². The first-order valence-corrected chi connectivity index (χ1v) is 7.05. The molecule has 0 saturated heterocycles. The third-order valence-corrected chi connectivity index (χ3v) is 3.66. The van der Waals surface area contributed by atoms with Gasteiger partial charge in [-0.3, -0.25) is 4.79 Å². The third kappa shape index (κ3) is 3.16. The molecule has 3 rings (SSSR count). The van der Waals surface area contributed by atoms with Gasteiger partial charge in [0.15, 0.2) is 6.61 Å². The highest BCUT2D eigenvalue weighted by atomic mass is 16.5. The fourth-order valence-corrected chi connectivity index (χ4v) is 2.50. The van der Waals surface area contributed by atoms with Crippen molar-refractivity contribution in [2.24, 2.45) is 0 Å². The minimum absolute atomic E-state index is 0.0145. The van der Waals surface area contributed by atoms with Gasteiger partial charge in [-0.1, -0.05) is 30.3 Å². The van der Waals surface area contributed by atoms with Crippen molar-refractivity contribution in [3.05, 3.63) is 59.7 Å². The van der Waals surface area contributed by atoms with Crippen LogP contribution in [0.15, 0.2) is 48.5 Å². The van der Waals surface area contributed by atoms with E-state index in [0.29, 0.717) is 18.8 Å². The molecule has 0 spiro atoms. The molecule has 2 aromatic carbocycles. The van der Waals surface area contributed by atoms with Gasteiger partial charge in [-0.2, -0.15) is 0 Å². The fraction of sp³-hybridized carbons (Fsp3) is 0.235. The quantitative estimate of drug-likeness (QED) is 0.878. The first-order chi connectivity index (χ1) is 10.2. The van der Waals surface area contributed by atoms with Gasteiger partial charge in [0.25, 0.3) is 5.91 Å². The molecule has 108 valence electrons. The maximum atomic E-state index is 12.2. The number of hydrogen-bond donors (Lipinski definition) is 1. The molecule has 4 heteroatoms. The molecule has 1 aliphatic heterocycles. The molecule has 1 amide bonds. The van der Waals surface area contributed by atoms with Crippen LogP contribution in [0.25, 0.3) is 0 Å². The lowest BCUT2D eigenvalue weighted by Gasteiger charge is -2.20. The summed E-state index contributed by atoms with van der Waals surface area (Å²) in [7, 11) is 0. The Hall–Kier alpha value is -2.49. The van der Waals surface area contributed by atoms with Crippen LogP contribution in [0.4, 0.5) is 5.69 Å². The summed E-state index contributed by atoms with van der Waals surface area (Å²) < 4.78 is 5.55. The molecule has 0 aliphatic carbocycles. The summed E-state index contributed by atoms with van der Waals surface area (Å²) in [5.41, 5.74) is 8.70. The Morgan fingerprint density at radius 1 is 1.14 bits per heavy atom. The Labute approximate surface area is 124 Å². The van der Waals surface area contributed by atoms with Crippen LogP contribution in [0, 0.1) is 0 Å². The number of nitrogens with zero attached hydrogens (tertiary/aromatic N) is 1. The van der Waals surface area contributed by atoms with E-state index < -0.39 is 0 Å². The van der Waals surface area contributed by atoms with Gasteiger partial charge in [0, 0.05) is 24.3 Å². The van der Waals surface area contributed by atoms with Crippen molar-refractivity contribution in [2.75, 3.05) is 18.9 Å². The number of benzene rings is 2. The van der Waals surface area contributed by atoms with Gasteiger partial charge >= 0.3 is 0 Å². The summed E-state index contributed by atoms with van der Waals surface area (Å²) in [6.45, 7) is 1.32. The summed E-state index contributed by atoms with van der Waals surface area (Å²) in [4.78, 5) is 14.0. The number of amides is 1. The summed E-state index contributed by atoms with van der Waals surface area (Å²) >= 11 is 0. The van der Waals surface area contributed by atoms with Gasteiger partial charge in [-0.15, -0.1) is 0 Å². The Balaban J connectivity index is 1.74. The van der Waals surface area contributed by atoms with Gasteiger partial charge in [0.2, 0.25) is 0 Å². The van der Waals surface area contributed by atoms with E-state index in [1.165, 1.54) is 5.56 Å². The second-order valence-electron chi connectivity index (χ2n) is 5.21. The van der Waals surface area contributed by atoms with Crippen molar-refractivity contribution in [3.8, 4) is 5.75 Å². The Morgan fingerprint density at radius 3 is 2.76 bits per heavy atom. The van der Waals surface area contributed by atoms with Gasteiger partial charge < -0.3 is 15.4 Å². The molecule has 0 fully saturated rings. The van der Waals surface area contributed by atoms with E-state index in [1.807, 2.05) is 35.2 Å². The van der Waals surface area contributed by atoms with Gasteiger partial charge in [-0.25, -0.2) is 0 Å². The van der Waals surface area contributed by atoms with Crippen LogP contribution in [0.2, 0.25) is 0 Å². The summed E-state index contributed by atoms with van der Waals surface area (Å²) in [5, 5.41) is 0. The number of nitrogens with two attached hydrogens (primary N) is 1. The van der Waals surface area contributed by atoms with Gasteiger partial charge in [-0.05, 0) is 30.2 Å². The maximum absolute atomic E-state index is 12.2. The van der Waals surface area contributed by atoms with Crippen LogP contribution >= 0.6 is 0 Å².